The predicted octanol–water partition coefficient (Wildman–Crippen LogP) is 5.50. The van der Waals surface area contributed by atoms with Crippen LogP contribution in [0.25, 0.3) is 0 Å². The van der Waals surface area contributed by atoms with Crippen molar-refractivity contribution in [3.05, 3.63) is 25.4 Å². The van der Waals surface area contributed by atoms with Gasteiger partial charge < -0.3 is 0 Å². The lowest BCUT2D eigenvalue weighted by Gasteiger charge is -1.55. The van der Waals surface area contributed by atoms with Crippen LogP contribution >= 0.6 is 0 Å². The largest absolute Gasteiger partial charge is 0.109 e. The van der Waals surface area contributed by atoms with E-state index in [0.29, 0.717) is 0 Å². The Morgan fingerprint density at radius 1 is 0.786 bits per heavy atom. The summed E-state index contributed by atoms with van der Waals surface area (Å²) in [5.74, 6) is 0. The highest BCUT2D eigenvalue weighted by Gasteiger charge is 1.48. The third kappa shape index (κ3) is 2760. The van der Waals surface area contributed by atoms with E-state index in [0.717, 1.165) is 0 Å². The molecule has 0 rings (SSSR count). The first-order valence-corrected chi connectivity index (χ1v) is 7.25. The first-order chi connectivity index (χ1) is 5.91. The molecule has 0 atom stereocenters. The second-order valence-corrected chi connectivity index (χ2v) is 2.09. The van der Waals surface area contributed by atoms with Gasteiger partial charge in [0.2, 0.25) is 0 Å². The summed E-state index contributed by atoms with van der Waals surface area (Å²) in [5, 5.41) is 0. The summed E-state index contributed by atoms with van der Waals surface area (Å²) in [7, 11) is 0.188. The second-order valence-electron chi connectivity index (χ2n) is 0.697. The lowest BCUT2D eigenvalue weighted by Crippen LogP contribution is -1.61. The number of hydrogen-bond acceptors (Lipinski definition) is 0. The van der Waals surface area contributed by atoms with E-state index in [1.54, 1.807) is 0 Å². The van der Waals surface area contributed by atoms with E-state index < -0.39 is 0 Å². The second kappa shape index (κ2) is 603. The van der Waals surface area contributed by atoms with E-state index in [1.807, 2.05) is 47.2 Å². The Labute approximate surface area is 98.3 Å². The molecule has 0 unspecified atom stereocenters. The molecule has 0 saturated carbocycles. The highest BCUT2D eigenvalue weighted by atomic mass is 28.2. The van der Waals surface area contributed by atoms with Crippen molar-refractivity contribution in [2.75, 3.05) is 0 Å². The fourth-order valence-corrected chi connectivity index (χ4v) is 0. The van der Waals surface area contributed by atoms with Crippen LogP contribution in [0.2, 0.25) is 6.55 Å². The van der Waals surface area contributed by atoms with E-state index in [9.17, 15) is 0 Å². The summed E-state index contributed by atoms with van der Waals surface area (Å²) in [6.45, 7) is 23.7. The Balaban J connectivity index is -0.00000000887. The van der Waals surface area contributed by atoms with Gasteiger partial charge in [0.05, 0.1) is 0 Å². The molecule has 0 aliphatic rings. The molecule has 1 heteroatoms. The van der Waals surface area contributed by atoms with Gasteiger partial charge in [-0.3, -0.25) is 0 Å². The van der Waals surface area contributed by atoms with Gasteiger partial charge in [0.1, 0.15) is 0 Å². The Kier molecular flexibility index (Phi) is 2120. The molecule has 94 valence electrons. The van der Waals surface area contributed by atoms with Crippen LogP contribution in [-0.4, -0.2) is 9.52 Å². The normalized spacial score (nSPS) is 4.21. The minimum absolute atomic E-state index is 0. The highest BCUT2D eigenvalue weighted by Crippen LogP contribution is 1.48. The summed E-state index contributed by atoms with van der Waals surface area (Å²) >= 11 is 0. The van der Waals surface area contributed by atoms with Crippen LogP contribution in [0.5, 0.6) is 0 Å². The first kappa shape index (κ1) is 49.2. The molecule has 0 heterocycles. The first-order valence-electron chi connectivity index (χ1n) is 5.02. The van der Waals surface area contributed by atoms with Gasteiger partial charge in [-0.25, -0.2) is 0 Å². The van der Waals surface area contributed by atoms with Gasteiger partial charge in [-0.15, -0.1) is 25.4 Å². The molecule has 0 radical (unpaired) electrons. The summed E-state index contributed by atoms with van der Waals surface area (Å²) in [4.78, 5) is 0. The van der Waals surface area contributed by atoms with Crippen molar-refractivity contribution in [2.45, 2.75) is 62.9 Å². The molecular formula is C13H38Si. The van der Waals surface area contributed by atoms with Crippen molar-refractivity contribution >= 4 is 9.52 Å². The summed E-state index contributed by atoms with van der Waals surface area (Å²) in [6, 6.07) is 0. The van der Waals surface area contributed by atoms with Gasteiger partial charge in [-0.2, -0.15) is 0 Å². The number of hydrogen-bond donors (Lipinski definition) is 0. The average molecular weight is 223 g/mol. The van der Waals surface area contributed by atoms with Gasteiger partial charge in [-0.05, 0) is 0 Å². The van der Waals surface area contributed by atoms with Crippen molar-refractivity contribution in [1.29, 1.82) is 0 Å². The van der Waals surface area contributed by atoms with Gasteiger partial charge in [0, 0.05) is 9.52 Å². The standard InChI is InChI=1S/C3H8Si.3C2H6.C2H4.2CH4/c1-3-4-2;4*1-2;;/h3H,1,4H2,2H3;3*1-2H3;1-2H2;2*1H4. The lowest BCUT2D eigenvalue weighted by molar-refractivity contribution is 1.50. The zero-order chi connectivity index (χ0) is 11.4. The fraction of sp³-hybridized carbons (Fsp3) is 0.692. The molecule has 0 N–H and O–H groups in total. The van der Waals surface area contributed by atoms with Crippen LogP contribution in [0.1, 0.15) is 56.4 Å². The molecule has 0 nitrogen and oxygen atoms in total. The fourth-order valence-electron chi connectivity index (χ4n) is 0. The maximum absolute atomic E-state index is 3.54. The summed E-state index contributed by atoms with van der Waals surface area (Å²) in [6.07, 6.45) is 0. The molecule has 0 amide bonds. The monoisotopic (exact) mass is 222 g/mol. The van der Waals surface area contributed by atoms with Crippen LogP contribution in [0.15, 0.2) is 25.4 Å². The molecule has 0 aromatic heterocycles. The van der Waals surface area contributed by atoms with Crippen LogP contribution in [0.3, 0.4) is 0 Å². The molecule has 0 spiro atoms. The van der Waals surface area contributed by atoms with E-state index in [2.05, 4.69) is 26.3 Å². The Bertz CT molecular complexity index is 26.4. The molecule has 0 aromatic rings. The van der Waals surface area contributed by atoms with Gasteiger partial charge in [-0.1, -0.05) is 62.9 Å². The molecule has 0 saturated heterocycles. The maximum atomic E-state index is 3.54. The lowest BCUT2D eigenvalue weighted by atomic mass is 11.0. The maximum Gasteiger partial charge on any atom is 0.0415 e. The zero-order valence-electron chi connectivity index (χ0n) is 10.4. The minimum atomic E-state index is 0. The summed E-state index contributed by atoms with van der Waals surface area (Å²) in [5.41, 5.74) is 2.01. The van der Waals surface area contributed by atoms with E-state index >= 15 is 0 Å². The smallest absolute Gasteiger partial charge is 0.0415 e. The number of rotatable bonds is 1. The highest BCUT2D eigenvalue weighted by molar-refractivity contribution is 6.39. The van der Waals surface area contributed by atoms with Gasteiger partial charge in [0.25, 0.3) is 0 Å². The van der Waals surface area contributed by atoms with Gasteiger partial charge >= 0.3 is 0 Å². The molecule has 0 aliphatic carbocycles. The molecular weight excluding hydrogens is 184 g/mol. The quantitative estimate of drug-likeness (QED) is 0.406. The SMILES string of the molecule is C.C.C=C.C=C[SiH2]C.CC.CC.CC. The Morgan fingerprint density at radius 2 is 0.857 bits per heavy atom. The van der Waals surface area contributed by atoms with Gasteiger partial charge in [0.15, 0.2) is 0 Å². The predicted molar refractivity (Wildman–Crippen MR) is 83.4 cm³/mol. The molecule has 0 fully saturated rings. The van der Waals surface area contributed by atoms with Crippen LogP contribution in [-0.2, 0) is 0 Å². The van der Waals surface area contributed by atoms with E-state index in [-0.39, 0.29) is 24.4 Å². The molecule has 14 heavy (non-hydrogen) atoms. The summed E-state index contributed by atoms with van der Waals surface area (Å²) < 4.78 is 0. The van der Waals surface area contributed by atoms with Crippen molar-refractivity contribution in [2.24, 2.45) is 0 Å². The third-order valence-electron chi connectivity index (χ3n) is 0.289. The van der Waals surface area contributed by atoms with Crippen molar-refractivity contribution in [3.8, 4) is 0 Å². The van der Waals surface area contributed by atoms with Crippen LogP contribution < -0.4 is 0 Å². The van der Waals surface area contributed by atoms with E-state index in [1.165, 1.54) is 0 Å². The minimum Gasteiger partial charge on any atom is -0.109 e. The average Bonchev–Trinajstić information content (AvgIpc) is 2.29. The van der Waals surface area contributed by atoms with Crippen LogP contribution in [0.4, 0.5) is 0 Å². The van der Waals surface area contributed by atoms with Crippen molar-refractivity contribution in [1.82, 2.24) is 0 Å². The zero-order valence-corrected chi connectivity index (χ0v) is 11.8. The third-order valence-corrected chi connectivity index (χ3v) is 0.866. The molecule has 0 bridgehead atoms. The van der Waals surface area contributed by atoms with E-state index in [4.69, 9.17) is 0 Å². The topological polar surface area (TPSA) is 0 Å². The Hall–Kier alpha value is -0.303. The molecule has 0 aliphatic heterocycles. The van der Waals surface area contributed by atoms with Crippen LogP contribution in [0, 0.1) is 0 Å². The Morgan fingerprint density at radius 3 is 0.857 bits per heavy atom. The van der Waals surface area contributed by atoms with Crippen molar-refractivity contribution < 1.29 is 0 Å². The molecule has 0 aromatic carbocycles. The van der Waals surface area contributed by atoms with Crippen molar-refractivity contribution in [3.63, 3.8) is 0 Å².